The predicted molar refractivity (Wildman–Crippen MR) is 72.0 cm³/mol. The van der Waals surface area contributed by atoms with Gasteiger partial charge >= 0.3 is 5.63 Å². The van der Waals surface area contributed by atoms with Crippen LogP contribution in [0.25, 0.3) is 11.0 Å². The summed E-state index contributed by atoms with van der Waals surface area (Å²) >= 11 is 0. The minimum Gasteiger partial charge on any atom is -0.508 e. The maximum atomic E-state index is 11.5. The molecule has 0 aliphatic heterocycles. The molecule has 2 aromatic rings. The molecule has 1 aromatic heterocycles. The summed E-state index contributed by atoms with van der Waals surface area (Å²) in [4.78, 5) is 11.5. The second-order valence-corrected chi connectivity index (χ2v) is 4.58. The number of hydrogen-bond acceptors (Lipinski definition) is 3. The van der Waals surface area contributed by atoms with Crippen molar-refractivity contribution in [1.82, 2.24) is 0 Å². The van der Waals surface area contributed by atoms with Gasteiger partial charge in [-0.3, -0.25) is 0 Å². The summed E-state index contributed by atoms with van der Waals surface area (Å²) in [6, 6.07) is 6.48. The van der Waals surface area contributed by atoms with Crippen LogP contribution in [0, 0.1) is 0 Å². The zero-order chi connectivity index (χ0) is 13.0. The fourth-order valence-electron chi connectivity index (χ4n) is 2.17. The molecule has 1 N–H and O–H groups in total. The van der Waals surface area contributed by atoms with E-state index in [1.165, 1.54) is 25.3 Å². The first-order valence-corrected chi connectivity index (χ1v) is 6.46. The minimum absolute atomic E-state index is 0.119. The molecule has 0 aliphatic rings. The predicted octanol–water partition coefficient (Wildman–Crippen LogP) is 3.62. The molecule has 0 amide bonds. The molecule has 0 unspecified atom stereocenters. The van der Waals surface area contributed by atoms with Crippen LogP contribution in [-0.4, -0.2) is 5.11 Å². The van der Waals surface area contributed by atoms with Gasteiger partial charge in [0.25, 0.3) is 0 Å². The first-order chi connectivity index (χ1) is 8.70. The van der Waals surface area contributed by atoms with E-state index in [9.17, 15) is 9.90 Å². The summed E-state index contributed by atoms with van der Waals surface area (Å²) in [6.45, 7) is 2.18. The molecule has 0 spiro atoms. The van der Waals surface area contributed by atoms with Crippen LogP contribution in [0.2, 0.25) is 0 Å². The van der Waals surface area contributed by atoms with E-state index in [0.29, 0.717) is 5.58 Å². The molecular weight excluding hydrogens is 228 g/mol. The van der Waals surface area contributed by atoms with Gasteiger partial charge in [-0.15, -0.1) is 0 Å². The second kappa shape index (κ2) is 5.71. The zero-order valence-electron chi connectivity index (χ0n) is 10.6. The van der Waals surface area contributed by atoms with Gasteiger partial charge in [-0.25, -0.2) is 4.79 Å². The van der Waals surface area contributed by atoms with Crippen molar-refractivity contribution in [3.63, 3.8) is 0 Å². The number of phenolic OH excluding ortho intramolecular Hbond substituents is 1. The van der Waals surface area contributed by atoms with Crippen molar-refractivity contribution in [3.8, 4) is 5.75 Å². The van der Waals surface area contributed by atoms with Crippen molar-refractivity contribution < 1.29 is 9.52 Å². The van der Waals surface area contributed by atoms with Crippen LogP contribution in [-0.2, 0) is 6.42 Å². The number of hydrogen-bond donors (Lipinski definition) is 1. The molecule has 2 rings (SSSR count). The Balaban J connectivity index is 2.28. The third-order valence-electron chi connectivity index (χ3n) is 3.11. The summed E-state index contributed by atoms with van der Waals surface area (Å²) in [5.41, 5.74) is 1.13. The van der Waals surface area contributed by atoms with Crippen LogP contribution in [0.3, 0.4) is 0 Å². The average molecular weight is 246 g/mol. The lowest BCUT2D eigenvalue weighted by atomic mass is 10.0. The normalized spacial score (nSPS) is 10.9. The summed E-state index contributed by atoms with van der Waals surface area (Å²) in [5.74, 6) is 0.119. The lowest BCUT2D eigenvalue weighted by molar-refractivity contribution is 0.473. The lowest BCUT2D eigenvalue weighted by Gasteiger charge is -2.05. The number of unbranched alkanes of at least 4 members (excludes halogenated alkanes) is 3. The molecule has 0 saturated carbocycles. The van der Waals surface area contributed by atoms with Gasteiger partial charge in [0.1, 0.15) is 11.3 Å². The first-order valence-electron chi connectivity index (χ1n) is 6.46. The highest BCUT2D eigenvalue weighted by Crippen LogP contribution is 2.23. The maximum Gasteiger partial charge on any atom is 0.336 e. The lowest BCUT2D eigenvalue weighted by Crippen LogP contribution is -2.00. The molecular formula is C15H18O3. The van der Waals surface area contributed by atoms with Crippen molar-refractivity contribution in [2.24, 2.45) is 0 Å². The summed E-state index contributed by atoms with van der Waals surface area (Å²) in [7, 11) is 0. The molecule has 0 aliphatic carbocycles. The SMILES string of the molecule is CCCCCCc1cc(=O)oc2cc(O)ccc12. The Bertz CT molecular complexity index is 584. The highest BCUT2D eigenvalue weighted by atomic mass is 16.4. The van der Waals surface area contributed by atoms with Gasteiger partial charge in [-0.1, -0.05) is 26.2 Å². The van der Waals surface area contributed by atoms with Crippen molar-refractivity contribution in [3.05, 3.63) is 40.2 Å². The van der Waals surface area contributed by atoms with E-state index >= 15 is 0 Å². The molecule has 0 atom stereocenters. The molecule has 3 heteroatoms. The minimum atomic E-state index is -0.349. The Morgan fingerprint density at radius 1 is 1.17 bits per heavy atom. The Hall–Kier alpha value is -1.77. The molecule has 3 nitrogen and oxygen atoms in total. The molecule has 0 saturated heterocycles. The van der Waals surface area contributed by atoms with E-state index in [2.05, 4.69) is 6.92 Å². The quantitative estimate of drug-likeness (QED) is 0.647. The zero-order valence-corrected chi connectivity index (χ0v) is 10.6. The van der Waals surface area contributed by atoms with E-state index in [0.717, 1.165) is 23.8 Å². The number of aromatic hydroxyl groups is 1. The van der Waals surface area contributed by atoms with Gasteiger partial charge in [0.2, 0.25) is 0 Å². The van der Waals surface area contributed by atoms with Gasteiger partial charge < -0.3 is 9.52 Å². The van der Waals surface area contributed by atoms with Gasteiger partial charge in [0.05, 0.1) is 0 Å². The van der Waals surface area contributed by atoms with Gasteiger partial charge in [-0.2, -0.15) is 0 Å². The molecule has 0 radical (unpaired) electrons. The molecule has 1 heterocycles. The van der Waals surface area contributed by atoms with E-state index in [-0.39, 0.29) is 11.4 Å². The van der Waals surface area contributed by atoms with Crippen molar-refractivity contribution in [1.29, 1.82) is 0 Å². The standard InChI is InChI=1S/C15H18O3/c1-2-3-4-5-6-11-9-15(17)18-14-10-12(16)7-8-13(11)14/h7-10,16H,2-6H2,1H3. The van der Waals surface area contributed by atoms with Crippen molar-refractivity contribution in [2.45, 2.75) is 39.0 Å². The van der Waals surface area contributed by atoms with Crippen LogP contribution in [0.5, 0.6) is 5.75 Å². The summed E-state index contributed by atoms with van der Waals surface area (Å²) < 4.78 is 5.10. The third-order valence-corrected chi connectivity index (χ3v) is 3.11. The smallest absolute Gasteiger partial charge is 0.336 e. The van der Waals surface area contributed by atoms with Gasteiger partial charge in [0.15, 0.2) is 0 Å². The summed E-state index contributed by atoms with van der Waals surface area (Å²) in [5, 5.41) is 10.3. The first kappa shape index (κ1) is 12.7. The van der Waals surface area contributed by atoms with E-state index in [1.54, 1.807) is 12.1 Å². The molecule has 96 valence electrons. The van der Waals surface area contributed by atoms with Gasteiger partial charge in [0, 0.05) is 17.5 Å². The topological polar surface area (TPSA) is 50.4 Å². The van der Waals surface area contributed by atoms with Crippen LogP contribution in [0.15, 0.2) is 33.5 Å². The number of phenols is 1. The monoisotopic (exact) mass is 246 g/mol. The fraction of sp³-hybridized carbons (Fsp3) is 0.400. The third kappa shape index (κ3) is 2.92. The Morgan fingerprint density at radius 2 is 2.00 bits per heavy atom. The van der Waals surface area contributed by atoms with Crippen LogP contribution >= 0.6 is 0 Å². The largest absolute Gasteiger partial charge is 0.508 e. The molecule has 0 fully saturated rings. The Labute approximate surface area is 106 Å². The molecule has 18 heavy (non-hydrogen) atoms. The number of aryl methyl sites for hydroxylation is 1. The van der Waals surface area contributed by atoms with Crippen LogP contribution in [0.4, 0.5) is 0 Å². The second-order valence-electron chi connectivity index (χ2n) is 4.58. The summed E-state index contributed by atoms with van der Waals surface area (Å²) in [6.07, 6.45) is 5.56. The van der Waals surface area contributed by atoms with E-state index in [1.807, 2.05) is 6.07 Å². The number of fused-ring (bicyclic) bond motifs is 1. The highest BCUT2D eigenvalue weighted by molar-refractivity contribution is 5.81. The average Bonchev–Trinajstić information content (AvgIpc) is 2.33. The van der Waals surface area contributed by atoms with Gasteiger partial charge in [-0.05, 0) is 30.5 Å². The Kier molecular flexibility index (Phi) is 4.03. The molecule has 0 bridgehead atoms. The number of rotatable bonds is 5. The van der Waals surface area contributed by atoms with Crippen molar-refractivity contribution >= 4 is 11.0 Å². The van der Waals surface area contributed by atoms with Crippen molar-refractivity contribution in [2.75, 3.05) is 0 Å². The van der Waals surface area contributed by atoms with Crippen LogP contribution < -0.4 is 5.63 Å². The highest BCUT2D eigenvalue weighted by Gasteiger charge is 2.06. The maximum absolute atomic E-state index is 11.5. The molecule has 1 aromatic carbocycles. The number of benzene rings is 1. The van der Waals surface area contributed by atoms with E-state index in [4.69, 9.17) is 4.42 Å². The van der Waals surface area contributed by atoms with Crippen LogP contribution in [0.1, 0.15) is 38.2 Å². The Morgan fingerprint density at radius 3 is 2.78 bits per heavy atom. The fourth-order valence-corrected chi connectivity index (χ4v) is 2.17. The van der Waals surface area contributed by atoms with E-state index < -0.39 is 0 Å².